The van der Waals surface area contributed by atoms with E-state index in [1.165, 1.54) is 12.1 Å². The van der Waals surface area contributed by atoms with E-state index in [4.69, 9.17) is 58.0 Å². The Hall–Kier alpha value is -1.91. The van der Waals surface area contributed by atoms with Crippen LogP contribution in [0.3, 0.4) is 0 Å². The van der Waals surface area contributed by atoms with E-state index in [2.05, 4.69) is 26.1 Å². The largest absolute Gasteiger partial charge is 0.451 e. The Bertz CT molecular complexity index is 1160. The van der Waals surface area contributed by atoms with E-state index in [0.717, 1.165) is 0 Å². The van der Waals surface area contributed by atoms with E-state index in [9.17, 15) is 18.0 Å². The molecule has 158 valence electrons. The third kappa shape index (κ3) is 4.55. The number of para-hydroxylation sites is 1. The lowest BCUT2D eigenvalue weighted by Gasteiger charge is -2.16. The second kappa shape index (κ2) is 8.68. The fraction of sp³-hybridized carbons (Fsp3) is 0.0625. The lowest BCUT2D eigenvalue weighted by Crippen LogP contribution is -2.34. The molecule has 2 aromatic carbocycles. The highest BCUT2D eigenvalue weighted by atomic mass is 35.5. The Morgan fingerprint density at radius 2 is 1.53 bits per heavy atom. The van der Waals surface area contributed by atoms with Crippen molar-refractivity contribution in [1.82, 2.24) is 15.4 Å². The Kier molecular flexibility index (Phi) is 6.59. The number of halogens is 8. The summed E-state index contributed by atoms with van der Waals surface area (Å²) in [5, 5.41) is 1.35. The summed E-state index contributed by atoms with van der Waals surface area (Å²) in [5.74, 6) is -2.05. The van der Waals surface area contributed by atoms with Gasteiger partial charge in [-0.2, -0.15) is 13.2 Å². The standard InChI is InChI=1S/C16H7Cl5F3N5O/c17-5-3-1-2-4-6(5)25-15(30)29-28-13-7-8(18)9(19)10(20)11(21)12(7)26-14(27-13)16(22,23)24/h1-4H,(H2,25,29,30)(H,26,27,28). The number of anilines is 2. The van der Waals surface area contributed by atoms with Crippen LogP contribution in [0.5, 0.6) is 0 Å². The summed E-state index contributed by atoms with van der Waals surface area (Å²) in [6.45, 7) is 0. The number of hydrazine groups is 1. The van der Waals surface area contributed by atoms with Crippen LogP contribution in [0.25, 0.3) is 10.9 Å². The molecule has 0 saturated carbocycles. The number of carbonyl (C=O) groups excluding carboxylic acids is 1. The fourth-order valence-corrected chi connectivity index (χ4v) is 3.44. The van der Waals surface area contributed by atoms with Gasteiger partial charge in [-0.1, -0.05) is 70.1 Å². The van der Waals surface area contributed by atoms with Crippen LogP contribution in [0.1, 0.15) is 5.82 Å². The van der Waals surface area contributed by atoms with Crippen molar-refractivity contribution in [3.63, 3.8) is 0 Å². The van der Waals surface area contributed by atoms with Crippen LogP contribution >= 0.6 is 58.0 Å². The molecule has 0 atom stereocenters. The lowest BCUT2D eigenvalue weighted by atomic mass is 10.2. The third-order valence-corrected chi connectivity index (χ3v) is 5.71. The molecule has 0 radical (unpaired) electrons. The van der Waals surface area contributed by atoms with Crippen molar-refractivity contribution in [2.75, 3.05) is 10.7 Å². The zero-order valence-corrected chi connectivity index (χ0v) is 17.9. The van der Waals surface area contributed by atoms with Crippen molar-refractivity contribution >= 4 is 86.4 Å². The number of urea groups is 1. The van der Waals surface area contributed by atoms with E-state index in [1.54, 1.807) is 12.1 Å². The van der Waals surface area contributed by atoms with Crippen molar-refractivity contribution in [2.45, 2.75) is 6.18 Å². The molecule has 0 aliphatic heterocycles. The molecule has 3 N–H and O–H groups in total. The second-order valence-corrected chi connectivity index (χ2v) is 7.48. The first-order valence-electron chi connectivity index (χ1n) is 7.69. The third-order valence-electron chi connectivity index (χ3n) is 3.58. The van der Waals surface area contributed by atoms with E-state index in [0.29, 0.717) is 0 Å². The van der Waals surface area contributed by atoms with Gasteiger partial charge in [0.1, 0.15) is 0 Å². The molecule has 0 saturated heterocycles. The predicted molar refractivity (Wildman–Crippen MR) is 112 cm³/mol. The molecule has 6 nitrogen and oxygen atoms in total. The van der Waals surface area contributed by atoms with Crippen molar-refractivity contribution in [1.29, 1.82) is 0 Å². The molecule has 14 heteroatoms. The van der Waals surface area contributed by atoms with Gasteiger partial charge < -0.3 is 5.32 Å². The van der Waals surface area contributed by atoms with Gasteiger partial charge in [-0.05, 0) is 12.1 Å². The molecular weight excluding hydrogens is 512 g/mol. The average molecular weight is 520 g/mol. The van der Waals surface area contributed by atoms with Gasteiger partial charge in [-0.25, -0.2) is 14.8 Å². The van der Waals surface area contributed by atoms with Crippen molar-refractivity contribution in [3.05, 3.63) is 55.2 Å². The number of hydrogen-bond acceptors (Lipinski definition) is 4. The first kappa shape index (κ1) is 22.8. The molecule has 0 aliphatic carbocycles. The SMILES string of the molecule is O=C(NNc1nc(C(F)(F)F)nc2c(Cl)c(Cl)c(Cl)c(Cl)c12)Nc1ccccc1Cl. The van der Waals surface area contributed by atoms with Gasteiger partial charge in [-0.3, -0.25) is 10.9 Å². The number of amides is 2. The van der Waals surface area contributed by atoms with Crippen molar-refractivity contribution in [2.24, 2.45) is 0 Å². The molecule has 3 aromatic rings. The van der Waals surface area contributed by atoms with Crippen molar-refractivity contribution in [3.8, 4) is 0 Å². The molecule has 0 fully saturated rings. The summed E-state index contributed by atoms with van der Waals surface area (Å²) in [4.78, 5) is 18.9. The number of alkyl halides is 3. The molecule has 0 spiro atoms. The molecule has 30 heavy (non-hydrogen) atoms. The minimum atomic E-state index is -4.92. The molecule has 1 aromatic heterocycles. The molecular formula is C16H7Cl5F3N5O. The van der Waals surface area contributed by atoms with E-state index in [1.807, 2.05) is 0 Å². The lowest BCUT2D eigenvalue weighted by molar-refractivity contribution is -0.144. The first-order valence-corrected chi connectivity index (χ1v) is 9.58. The van der Waals surface area contributed by atoms with E-state index in [-0.39, 0.29) is 36.2 Å². The molecule has 2 amide bonds. The summed E-state index contributed by atoms with van der Waals surface area (Å²) in [6, 6.07) is 5.46. The number of fused-ring (bicyclic) bond motifs is 1. The zero-order valence-electron chi connectivity index (χ0n) is 14.1. The fourth-order valence-electron chi connectivity index (χ4n) is 2.28. The summed E-state index contributed by atoms with van der Waals surface area (Å²) in [7, 11) is 0. The number of carbonyl (C=O) groups is 1. The summed E-state index contributed by atoms with van der Waals surface area (Å²) in [5.41, 5.74) is 4.24. The maximum atomic E-state index is 13.2. The van der Waals surface area contributed by atoms with Gasteiger partial charge in [-0.15, -0.1) is 0 Å². The molecule has 0 bridgehead atoms. The van der Waals surface area contributed by atoms with Gasteiger partial charge in [0.25, 0.3) is 0 Å². The average Bonchev–Trinajstić information content (AvgIpc) is 2.69. The zero-order chi connectivity index (χ0) is 22.2. The molecule has 0 unspecified atom stereocenters. The summed E-state index contributed by atoms with van der Waals surface area (Å²) >= 11 is 30.0. The van der Waals surface area contributed by atoms with E-state index < -0.39 is 29.4 Å². The van der Waals surface area contributed by atoms with Gasteiger partial charge in [0.2, 0.25) is 5.82 Å². The van der Waals surface area contributed by atoms with Crippen LogP contribution in [0.4, 0.5) is 29.5 Å². The van der Waals surface area contributed by atoms with Gasteiger partial charge >= 0.3 is 12.2 Å². The number of nitrogens with one attached hydrogen (secondary N) is 3. The number of benzene rings is 2. The molecule has 1 heterocycles. The van der Waals surface area contributed by atoms with Gasteiger partial charge in [0.05, 0.1) is 41.7 Å². The van der Waals surface area contributed by atoms with Crippen LogP contribution in [-0.2, 0) is 6.18 Å². The van der Waals surface area contributed by atoms with Gasteiger partial charge in [0, 0.05) is 0 Å². The second-order valence-electron chi connectivity index (χ2n) is 5.56. The number of hydrogen-bond donors (Lipinski definition) is 3. The van der Waals surface area contributed by atoms with Crippen LogP contribution in [0, 0.1) is 0 Å². The molecule has 3 rings (SSSR count). The number of rotatable bonds is 3. The van der Waals surface area contributed by atoms with E-state index >= 15 is 0 Å². The minimum absolute atomic E-state index is 0.179. The quantitative estimate of drug-likeness (QED) is 0.197. The Morgan fingerprint density at radius 1 is 0.900 bits per heavy atom. The summed E-state index contributed by atoms with van der Waals surface area (Å²) < 4.78 is 39.7. The maximum Gasteiger partial charge on any atom is 0.451 e. The Balaban J connectivity index is 2.01. The Labute approximate surface area is 191 Å². The highest BCUT2D eigenvalue weighted by Crippen LogP contribution is 2.45. The minimum Gasteiger partial charge on any atom is -0.305 e. The predicted octanol–water partition coefficient (Wildman–Crippen LogP) is 7.06. The summed E-state index contributed by atoms with van der Waals surface area (Å²) in [6.07, 6.45) is -4.92. The van der Waals surface area contributed by atoms with Crippen LogP contribution in [0.15, 0.2) is 24.3 Å². The smallest absolute Gasteiger partial charge is 0.305 e. The van der Waals surface area contributed by atoms with Gasteiger partial charge in [0.15, 0.2) is 5.82 Å². The van der Waals surface area contributed by atoms with Crippen LogP contribution < -0.4 is 16.2 Å². The Morgan fingerprint density at radius 3 is 2.17 bits per heavy atom. The monoisotopic (exact) mass is 517 g/mol. The first-order chi connectivity index (χ1) is 14.0. The highest BCUT2D eigenvalue weighted by Gasteiger charge is 2.36. The number of aromatic nitrogens is 2. The maximum absolute atomic E-state index is 13.2. The highest BCUT2D eigenvalue weighted by molar-refractivity contribution is 6.55. The normalized spacial score (nSPS) is 11.5. The van der Waals surface area contributed by atoms with Crippen LogP contribution in [0.2, 0.25) is 25.1 Å². The molecule has 0 aliphatic rings. The van der Waals surface area contributed by atoms with Crippen molar-refractivity contribution < 1.29 is 18.0 Å². The van der Waals surface area contributed by atoms with Crippen LogP contribution in [-0.4, -0.2) is 16.0 Å². The topological polar surface area (TPSA) is 78.9 Å². The number of nitrogens with zero attached hydrogens (tertiary/aromatic N) is 2.